The molecule has 1 N–H and O–H groups in total. The summed E-state index contributed by atoms with van der Waals surface area (Å²) in [6.45, 7) is 1.49. The Hall–Kier alpha value is -2.95. The maximum atomic E-state index is 13.0. The summed E-state index contributed by atoms with van der Waals surface area (Å²) < 4.78 is 0. The molecule has 0 radical (unpaired) electrons. The number of benzene rings is 2. The highest BCUT2D eigenvalue weighted by atomic mass is 16.2. The summed E-state index contributed by atoms with van der Waals surface area (Å²) in [5.74, 6) is -0.493. The van der Waals surface area contributed by atoms with Crippen molar-refractivity contribution in [3.63, 3.8) is 0 Å². The largest absolute Gasteiger partial charge is 0.338 e. The van der Waals surface area contributed by atoms with Crippen LogP contribution in [0.1, 0.15) is 41.7 Å². The van der Waals surface area contributed by atoms with Crippen LogP contribution in [-0.4, -0.2) is 29.5 Å². The predicted molar refractivity (Wildman–Crippen MR) is 99.8 cm³/mol. The van der Waals surface area contributed by atoms with Crippen molar-refractivity contribution in [2.24, 2.45) is 5.92 Å². The Balaban J connectivity index is 1.85. The van der Waals surface area contributed by atoms with Gasteiger partial charge in [-0.05, 0) is 31.0 Å². The van der Waals surface area contributed by atoms with Gasteiger partial charge in [-0.2, -0.15) is 0 Å². The number of likely N-dealkylation sites (tertiary alicyclic amines) is 1. The minimum atomic E-state index is -0.346. The number of nitrogens with zero attached hydrogens (tertiary/aromatic N) is 1. The first-order chi connectivity index (χ1) is 12.5. The minimum Gasteiger partial charge on any atom is -0.338 e. The van der Waals surface area contributed by atoms with Gasteiger partial charge in [-0.25, -0.2) is 0 Å². The molecule has 1 fully saturated rings. The maximum Gasteiger partial charge on any atom is 0.229 e. The molecule has 0 bridgehead atoms. The van der Waals surface area contributed by atoms with E-state index in [1.807, 2.05) is 30.3 Å². The third kappa shape index (κ3) is 3.67. The van der Waals surface area contributed by atoms with E-state index >= 15 is 0 Å². The summed E-state index contributed by atoms with van der Waals surface area (Å²) in [5, 5.41) is 2.91. The average molecular weight is 350 g/mol. The van der Waals surface area contributed by atoms with E-state index in [2.05, 4.69) is 5.32 Å². The first kappa shape index (κ1) is 17.9. The smallest absolute Gasteiger partial charge is 0.229 e. The van der Waals surface area contributed by atoms with Crippen molar-refractivity contribution in [3.8, 4) is 0 Å². The second kappa shape index (κ2) is 7.52. The van der Waals surface area contributed by atoms with E-state index in [1.54, 1.807) is 36.2 Å². The monoisotopic (exact) mass is 350 g/mol. The Kier molecular flexibility index (Phi) is 5.16. The number of rotatable bonds is 4. The van der Waals surface area contributed by atoms with Gasteiger partial charge in [0.1, 0.15) is 0 Å². The van der Waals surface area contributed by atoms with E-state index in [1.165, 1.54) is 6.92 Å². The molecule has 1 heterocycles. The number of piperidine rings is 1. The first-order valence-electron chi connectivity index (χ1n) is 8.70. The molecule has 0 spiro atoms. The first-order valence-corrected chi connectivity index (χ1v) is 8.70. The molecule has 0 unspecified atom stereocenters. The van der Waals surface area contributed by atoms with Crippen LogP contribution in [0.25, 0.3) is 0 Å². The van der Waals surface area contributed by atoms with Gasteiger partial charge < -0.3 is 10.2 Å². The fourth-order valence-corrected chi connectivity index (χ4v) is 3.47. The van der Waals surface area contributed by atoms with Crippen molar-refractivity contribution in [1.29, 1.82) is 0 Å². The molecular formula is C21H22N2O3. The van der Waals surface area contributed by atoms with Crippen LogP contribution in [0.15, 0.2) is 54.6 Å². The summed E-state index contributed by atoms with van der Waals surface area (Å²) in [7, 11) is 1.75. The van der Waals surface area contributed by atoms with Crippen molar-refractivity contribution < 1.29 is 14.4 Å². The van der Waals surface area contributed by atoms with Gasteiger partial charge >= 0.3 is 0 Å². The number of Topliss-reactive ketones (excluding diaryl/α,β-unsaturated/α-hetero) is 1. The number of carbonyl (C=O) groups excluding carboxylic acids is 3. The van der Waals surface area contributed by atoms with Crippen LogP contribution in [0.5, 0.6) is 0 Å². The molecule has 0 aliphatic carbocycles. The van der Waals surface area contributed by atoms with Gasteiger partial charge in [-0.15, -0.1) is 0 Å². The molecule has 0 saturated carbocycles. The number of amides is 2. The van der Waals surface area contributed by atoms with Crippen LogP contribution in [0.2, 0.25) is 0 Å². The Labute approximate surface area is 153 Å². The van der Waals surface area contributed by atoms with Crippen molar-refractivity contribution >= 4 is 23.3 Å². The lowest BCUT2D eigenvalue weighted by atomic mass is 9.84. The molecule has 2 aromatic carbocycles. The number of nitrogens with one attached hydrogen (secondary N) is 1. The Morgan fingerprint density at radius 2 is 1.81 bits per heavy atom. The lowest BCUT2D eigenvalue weighted by molar-refractivity contribution is -0.140. The van der Waals surface area contributed by atoms with Gasteiger partial charge in [0.25, 0.3) is 0 Å². The van der Waals surface area contributed by atoms with Gasteiger partial charge in [0, 0.05) is 24.7 Å². The molecule has 1 aliphatic rings. The van der Waals surface area contributed by atoms with Crippen molar-refractivity contribution in [3.05, 3.63) is 65.7 Å². The molecule has 5 nitrogen and oxygen atoms in total. The van der Waals surface area contributed by atoms with Crippen molar-refractivity contribution in [2.45, 2.75) is 25.8 Å². The highest BCUT2D eigenvalue weighted by Gasteiger charge is 2.38. The number of hydrogen-bond donors (Lipinski definition) is 1. The molecule has 134 valence electrons. The van der Waals surface area contributed by atoms with E-state index < -0.39 is 0 Å². The van der Waals surface area contributed by atoms with Crippen LogP contribution in [-0.2, 0) is 9.59 Å². The van der Waals surface area contributed by atoms with Gasteiger partial charge in [0.2, 0.25) is 11.8 Å². The van der Waals surface area contributed by atoms with E-state index in [4.69, 9.17) is 0 Å². The topological polar surface area (TPSA) is 66.5 Å². The predicted octanol–water partition coefficient (Wildman–Crippen LogP) is 3.44. The number of hydrogen-bond acceptors (Lipinski definition) is 3. The molecule has 26 heavy (non-hydrogen) atoms. The van der Waals surface area contributed by atoms with E-state index in [9.17, 15) is 14.4 Å². The van der Waals surface area contributed by atoms with Crippen LogP contribution in [0.3, 0.4) is 0 Å². The van der Waals surface area contributed by atoms with Gasteiger partial charge in [-0.3, -0.25) is 14.4 Å². The van der Waals surface area contributed by atoms with Crippen LogP contribution < -0.4 is 5.32 Å². The van der Waals surface area contributed by atoms with Gasteiger partial charge in [0.05, 0.1) is 12.0 Å². The third-order valence-corrected chi connectivity index (χ3v) is 4.88. The highest BCUT2D eigenvalue weighted by molar-refractivity contribution is 5.98. The van der Waals surface area contributed by atoms with Gasteiger partial charge in [0.15, 0.2) is 5.78 Å². The fourth-order valence-electron chi connectivity index (χ4n) is 3.47. The zero-order chi connectivity index (χ0) is 18.7. The van der Waals surface area contributed by atoms with Crippen LogP contribution in [0, 0.1) is 5.92 Å². The third-order valence-electron chi connectivity index (χ3n) is 4.88. The zero-order valence-corrected chi connectivity index (χ0v) is 14.9. The average Bonchev–Trinajstić information content (AvgIpc) is 2.64. The molecule has 5 heteroatoms. The SMILES string of the molecule is CC(=O)c1cccc(NC(=O)[C@@H]2CCC(=O)N(C)[C@@H]2c2ccccc2)c1. The normalized spacial score (nSPS) is 19.9. The summed E-state index contributed by atoms with van der Waals surface area (Å²) in [6.07, 6.45) is 0.854. The minimum absolute atomic E-state index is 0.0430. The zero-order valence-electron chi connectivity index (χ0n) is 14.9. The second-order valence-corrected chi connectivity index (χ2v) is 6.63. The second-order valence-electron chi connectivity index (χ2n) is 6.63. The van der Waals surface area contributed by atoms with E-state index in [-0.39, 0.29) is 29.6 Å². The summed E-state index contributed by atoms with van der Waals surface area (Å²) in [6, 6.07) is 16.2. The quantitative estimate of drug-likeness (QED) is 0.859. The molecule has 2 amide bonds. The molecular weight excluding hydrogens is 328 g/mol. The highest BCUT2D eigenvalue weighted by Crippen LogP contribution is 2.36. The van der Waals surface area contributed by atoms with Crippen LogP contribution in [0.4, 0.5) is 5.69 Å². The van der Waals surface area contributed by atoms with E-state index in [0.717, 1.165) is 5.56 Å². The molecule has 2 aromatic rings. The molecule has 3 rings (SSSR count). The fraction of sp³-hybridized carbons (Fsp3) is 0.286. The molecule has 0 aromatic heterocycles. The number of ketones is 1. The maximum absolute atomic E-state index is 13.0. The molecule has 1 aliphatic heterocycles. The Morgan fingerprint density at radius 3 is 2.50 bits per heavy atom. The lowest BCUT2D eigenvalue weighted by Gasteiger charge is -2.38. The van der Waals surface area contributed by atoms with Crippen molar-refractivity contribution in [1.82, 2.24) is 4.90 Å². The summed E-state index contributed by atoms with van der Waals surface area (Å²) in [5.41, 5.74) is 2.09. The number of carbonyl (C=O) groups is 3. The number of anilines is 1. The molecule has 2 atom stereocenters. The molecule has 1 saturated heterocycles. The van der Waals surface area contributed by atoms with E-state index in [0.29, 0.717) is 24.1 Å². The Bertz CT molecular complexity index is 832. The Morgan fingerprint density at radius 1 is 1.08 bits per heavy atom. The van der Waals surface area contributed by atoms with Gasteiger partial charge in [-0.1, -0.05) is 42.5 Å². The van der Waals surface area contributed by atoms with Crippen molar-refractivity contribution in [2.75, 3.05) is 12.4 Å². The lowest BCUT2D eigenvalue weighted by Crippen LogP contribution is -2.44. The summed E-state index contributed by atoms with van der Waals surface area (Å²) in [4.78, 5) is 38.3. The standard InChI is InChI=1S/C21H22N2O3/c1-14(24)16-9-6-10-17(13-16)22-21(26)18-11-12-19(25)23(2)20(18)15-7-4-3-5-8-15/h3-10,13,18,20H,11-12H2,1-2H3,(H,22,26)/t18-,20-/m1/s1. The summed E-state index contributed by atoms with van der Waals surface area (Å²) >= 11 is 0. The van der Waals surface area contributed by atoms with Crippen LogP contribution >= 0.6 is 0 Å².